The fraction of sp³-hybridized carbons (Fsp3) is 0.478. The van der Waals surface area contributed by atoms with Crippen molar-refractivity contribution in [3.63, 3.8) is 0 Å². The molecule has 30 heavy (non-hydrogen) atoms. The Hall–Kier alpha value is -2.54. The standard InChI is InChI=1S/C23H27F2N3O2/c1-14(2)28-13-21-20(23(28)29)9-17(22(26-21)30-3)12-27-5-4-15(11-27)6-16-7-18(24)10-19(25)8-16/h7-10,14-15H,4-6,11-13H2,1-3H3. The van der Waals surface area contributed by atoms with Gasteiger partial charge in [-0.25, -0.2) is 13.8 Å². The zero-order valence-corrected chi connectivity index (χ0v) is 17.6. The summed E-state index contributed by atoms with van der Waals surface area (Å²) in [6, 6.07) is 5.75. The third-order valence-corrected chi connectivity index (χ3v) is 5.98. The maximum Gasteiger partial charge on any atom is 0.256 e. The molecule has 4 rings (SSSR count). The normalized spacial score (nSPS) is 19.1. The van der Waals surface area contributed by atoms with Crippen LogP contribution >= 0.6 is 0 Å². The summed E-state index contributed by atoms with van der Waals surface area (Å²) in [6.07, 6.45) is 1.60. The average Bonchev–Trinajstić information content (AvgIpc) is 3.24. The second-order valence-electron chi connectivity index (χ2n) is 8.55. The summed E-state index contributed by atoms with van der Waals surface area (Å²) in [4.78, 5) is 21.4. The number of fused-ring (bicyclic) bond motifs is 1. The number of carbonyl (C=O) groups excluding carboxylic acids is 1. The number of carbonyl (C=O) groups is 1. The molecule has 0 spiro atoms. The Kier molecular flexibility index (Phi) is 5.73. The van der Waals surface area contributed by atoms with Gasteiger partial charge in [0, 0.05) is 30.8 Å². The zero-order chi connectivity index (χ0) is 21.4. The van der Waals surface area contributed by atoms with Crippen LogP contribution in [0.4, 0.5) is 8.78 Å². The quantitative estimate of drug-likeness (QED) is 0.720. The molecule has 1 aromatic heterocycles. The topological polar surface area (TPSA) is 45.7 Å². The lowest BCUT2D eigenvalue weighted by molar-refractivity contribution is 0.0730. The van der Waals surface area contributed by atoms with Crippen LogP contribution in [0.5, 0.6) is 5.88 Å². The number of ether oxygens (including phenoxy) is 1. The molecule has 7 heteroatoms. The van der Waals surface area contributed by atoms with E-state index < -0.39 is 11.6 Å². The maximum atomic E-state index is 13.5. The van der Waals surface area contributed by atoms with Crippen molar-refractivity contribution >= 4 is 5.91 Å². The minimum Gasteiger partial charge on any atom is -0.481 e. The van der Waals surface area contributed by atoms with Crippen molar-refractivity contribution in [3.8, 4) is 5.88 Å². The second kappa shape index (κ2) is 8.30. The van der Waals surface area contributed by atoms with Crippen LogP contribution in [0.2, 0.25) is 0 Å². The van der Waals surface area contributed by atoms with Gasteiger partial charge in [-0.15, -0.1) is 0 Å². The predicted molar refractivity (Wildman–Crippen MR) is 109 cm³/mol. The number of methoxy groups -OCH3 is 1. The SMILES string of the molecule is COc1nc2c(cc1CN1CCC(Cc3cc(F)cc(F)c3)C1)C(=O)N(C(C)C)C2. The van der Waals surface area contributed by atoms with E-state index in [1.54, 1.807) is 7.11 Å². The van der Waals surface area contributed by atoms with Crippen LogP contribution in [0.1, 0.15) is 47.4 Å². The minimum absolute atomic E-state index is 0.0174. The molecule has 1 amide bonds. The van der Waals surface area contributed by atoms with Crippen LogP contribution < -0.4 is 4.74 Å². The monoisotopic (exact) mass is 415 g/mol. The number of hydrogen-bond donors (Lipinski definition) is 0. The summed E-state index contributed by atoms with van der Waals surface area (Å²) in [5, 5.41) is 0. The predicted octanol–water partition coefficient (Wildman–Crippen LogP) is 3.80. The molecule has 2 aromatic rings. The fourth-order valence-corrected chi connectivity index (χ4v) is 4.50. The minimum atomic E-state index is -0.533. The van der Waals surface area contributed by atoms with Gasteiger partial charge in [0.2, 0.25) is 5.88 Å². The molecule has 2 aliphatic heterocycles. The van der Waals surface area contributed by atoms with E-state index in [-0.39, 0.29) is 11.9 Å². The Morgan fingerprint density at radius 1 is 1.20 bits per heavy atom. The van der Waals surface area contributed by atoms with E-state index in [1.807, 2.05) is 24.8 Å². The lowest BCUT2D eigenvalue weighted by atomic mass is 9.98. The highest BCUT2D eigenvalue weighted by Crippen LogP contribution is 2.30. The second-order valence-corrected chi connectivity index (χ2v) is 8.55. The van der Waals surface area contributed by atoms with Crippen molar-refractivity contribution in [3.05, 3.63) is 58.3 Å². The van der Waals surface area contributed by atoms with Gasteiger partial charge in [-0.1, -0.05) is 0 Å². The van der Waals surface area contributed by atoms with Gasteiger partial charge in [0.05, 0.1) is 24.9 Å². The van der Waals surface area contributed by atoms with Gasteiger partial charge >= 0.3 is 0 Å². The highest BCUT2D eigenvalue weighted by Gasteiger charge is 2.32. The number of pyridine rings is 1. The Labute approximate surface area is 175 Å². The third kappa shape index (κ3) is 4.17. The van der Waals surface area contributed by atoms with Crippen molar-refractivity contribution in [1.29, 1.82) is 0 Å². The van der Waals surface area contributed by atoms with Gasteiger partial charge in [-0.05, 0) is 62.9 Å². The lowest BCUT2D eigenvalue weighted by Gasteiger charge is -2.19. The van der Waals surface area contributed by atoms with Crippen molar-refractivity contribution < 1.29 is 18.3 Å². The number of hydrogen-bond acceptors (Lipinski definition) is 4. The van der Waals surface area contributed by atoms with E-state index in [0.29, 0.717) is 42.4 Å². The van der Waals surface area contributed by atoms with Crippen LogP contribution in [0.3, 0.4) is 0 Å². The van der Waals surface area contributed by atoms with Crippen LogP contribution in [0, 0.1) is 17.6 Å². The molecule has 0 bridgehead atoms. The van der Waals surface area contributed by atoms with Gasteiger partial charge in [-0.2, -0.15) is 0 Å². The first-order chi connectivity index (χ1) is 14.3. The van der Waals surface area contributed by atoms with Crippen molar-refractivity contribution in [1.82, 2.24) is 14.8 Å². The molecule has 1 aromatic carbocycles. The number of benzene rings is 1. The first kappa shape index (κ1) is 20.7. The number of nitrogens with zero attached hydrogens (tertiary/aromatic N) is 3. The van der Waals surface area contributed by atoms with E-state index in [9.17, 15) is 13.6 Å². The molecule has 160 valence electrons. The van der Waals surface area contributed by atoms with E-state index >= 15 is 0 Å². The Bertz CT molecular complexity index is 943. The molecule has 5 nitrogen and oxygen atoms in total. The van der Waals surface area contributed by atoms with Gasteiger partial charge in [0.1, 0.15) is 11.6 Å². The first-order valence-electron chi connectivity index (χ1n) is 10.4. The number of amides is 1. The Morgan fingerprint density at radius 3 is 2.60 bits per heavy atom. The molecule has 1 unspecified atom stereocenters. The number of likely N-dealkylation sites (tertiary alicyclic amines) is 1. The average molecular weight is 415 g/mol. The van der Waals surface area contributed by atoms with E-state index in [4.69, 9.17) is 4.74 Å². The largest absolute Gasteiger partial charge is 0.481 e. The van der Waals surface area contributed by atoms with Gasteiger partial charge in [0.15, 0.2) is 0 Å². The molecule has 1 fully saturated rings. The van der Waals surface area contributed by atoms with E-state index in [0.717, 1.165) is 36.8 Å². The summed E-state index contributed by atoms with van der Waals surface area (Å²) in [7, 11) is 1.60. The Balaban J connectivity index is 1.46. The van der Waals surface area contributed by atoms with E-state index in [2.05, 4.69) is 9.88 Å². The molecule has 1 atom stereocenters. The first-order valence-corrected chi connectivity index (χ1v) is 10.4. The molecular formula is C23H27F2N3O2. The highest BCUT2D eigenvalue weighted by atomic mass is 19.1. The van der Waals surface area contributed by atoms with Crippen LogP contribution in [-0.2, 0) is 19.5 Å². The summed E-state index contributed by atoms with van der Waals surface area (Å²) in [6.45, 7) is 6.84. The Morgan fingerprint density at radius 2 is 1.93 bits per heavy atom. The van der Waals surface area contributed by atoms with Crippen molar-refractivity contribution in [2.24, 2.45) is 5.92 Å². The molecule has 0 aliphatic carbocycles. The van der Waals surface area contributed by atoms with E-state index in [1.165, 1.54) is 12.1 Å². The molecular weight excluding hydrogens is 388 g/mol. The fourth-order valence-electron chi connectivity index (χ4n) is 4.50. The molecule has 3 heterocycles. The van der Waals surface area contributed by atoms with Gasteiger partial charge in [-0.3, -0.25) is 9.69 Å². The van der Waals surface area contributed by atoms with Crippen LogP contribution in [0.15, 0.2) is 24.3 Å². The number of rotatable bonds is 6. The summed E-state index contributed by atoms with van der Waals surface area (Å²) >= 11 is 0. The molecule has 0 radical (unpaired) electrons. The molecule has 0 N–H and O–H groups in total. The number of aromatic nitrogens is 1. The lowest BCUT2D eigenvalue weighted by Crippen LogP contribution is -2.30. The van der Waals surface area contributed by atoms with Gasteiger partial charge in [0.25, 0.3) is 5.91 Å². The van der Waals surface area contributed by atoms with Gasteiger partial charge < -0.3 is 9.64 Å². The maximum absolute atomic E-state index is 13.5. The highest BCUT2D eigenvalue weighted by molar-refractivity contribution is 5.98. The molecule has 0 saturated carbocycles. The van der Waals surface area contributed by atoms with Crippen LogP contribution in [-0.4, -0.2) is 46.9 Å². The van der Waals surface area contributed by atoms with Crippen molar-refractivity contribution in [2.45, 2.75) is 45.8 Å². The van der Waals surface area contributed by atoms with Crippen molar-refractivity contribution in [2.75, 3.05) is 20.2 Å². The summed E-state index contributed by atoms with van der Waals surface area (Å²) < 4.78 is 32.4. The molecule has 2 aliphatic rings. The van der Waals surface area contributed by atoms with Crippen LogP contribution in [0.25, 0.3) is 0 Å². The summed E-state index contributed by atoms with van der Waals surface area (Å²) in [5.74, 6) is -0.160. The third-order valence-electron chi connectivity index (χ3n) is 5.98. The summed E-state index contributed by atoms with van der Waals surface area (Å²) in [5.41, 5.74) is 3.01. The molecule has 1 saturated heterocycles. The number of halogens is 2. The zero-order valence-electron chi connectivity index (χ0n) is 17.6. The smallest absolute Gasteiger partial charge is 0.256 e.